The third-order valence-corrected chi connectivity index (χ3v) is 7.54. The third kappa shape index (κ3) is 3.82. The molecule has 2 aliphatic rings. The molecule has 1 unspecified atom stereocenters. The van der Waals surface area contributed by atoms with E-state index in [1.807, 2.05) is 23.1 Å². The molecule has 0 bridgehead atoms. The summed E-state index contributed by atoms with van der Waals surface area (Å²) in [4.78, 5) is 24.1. The highest BCUT2D eigenvalue weighted by Gasteiger charge is 2.29. The summed E-state index contributed by atoms with van der Waals surface area (Å²) in [5.74, 6) is 0.136. The number of amides is 1. The van der Waals surface area contributed by atoms with Crippen LogP contribution < -0.4 is 4.90 Å². The summed E-state index contributed by atoms with van der Waals surface area (Å²) < 4.78 is 2.29. The van der Waals surface area contributed by atoms with E-state index in [4.69, 9.17) is 4.98 Å². The number of aryl methyl sites for hydroxylation is 2. The number of hydrogen-bond donors (Lipinski definition) is 0. The number of fused-ring (bicyclic) bond motifs is 2. The molecule has 0 N–H and O–H groups in total. The van der Waals surface area contributed by atoms with E-state index in [9.17, 15) is 4.79 Å². The zero-order valence-electron chi connectivity index (χ0n) is 17.5. The van der Waals surface area contributed by atoms with Crippen LogP contribution in [0, 0.1) is 0 Å². The van der Waals surface area contributed by atoms with Gasteiger partial charge in [-0.25, -0.2) is 4.98 Å². The first-order chi connectivity index (χ1) is 14.7. The maximum atomic E-state index is 13.6. The van der Waals surface area contributed by atoms with Crippen molar-refractivity contribution in [3.05, 3.63) is 70.5 Å². The fourth-order valence-electron chi connectivity index (χ4n) is 4.58. The maximum absolute atomic E-state index is 13.6. The van der Waals surface area contributed by atoms with Gasteiger partial charge in [-0.15, -0.1) is 11.3 Å². The Balaban J connectivity index is 1.39. The van der Waals surface area contributed by atoms with Crippen molar-refractivity contribution in [2.24, 2.45) is 0 Å². The van der Waals surface area contributed by atoms with E-state index in [2.05, 4.69) is 46.9 Å². The summed E-state index contributed by atoms with van der Waals surface area (Å²) >= 11 is 1.72. The van der Waals surface area contributed by atoms with Crippen LogP contribution in [-0.4, -0.2) is 33.4 Å². The number of carbonyl (C=O) groups is 1. The number of nitrogens with zero attached hydrogens (tertiary/aromatic N) is 4. The third-order valence-electron chi connectivity index (χ3n) is 6.36. The molecular weight excluding hydrogens is 392 g/mol. The molecule has 1 amide bonds. The Bertz CT molecular complexity index is 1000. The van der Waals surface area contributed by atoms with E-state index >= 15 is 0 Å². The van der Waals surface area contributed by atoms with Gasteiger partial charge in [-0.1, -0.05) is 30.3 Å². The van der Waals surface area contributed by atoms with Gasteiger partial charge in [-0.3, -0.25) is 14.6 Å². The van der Waals surface area contributed by atoms with Crippen LogP contribution in [0.3, 0.4) is 0 Å². The van der Waals surface area contributed by atoms with Crippen molar-refractivity contribution in [1.82, 2.24) is 14.5 Å². The lowest BCUT2D eigenvalue weighted by molar-refractivity contribution is -0.120. The van der Waals surface area contributed by atoms with Crippen molar-refractivity contribution in [2.45, 2.75) is 51.7 Å². The second kappa shape index (κ2) is 8.36. The Hall–Kier alpha value is -2.44. The molecule has 156 valence electrons. The minimum atomic E-state index is 0.136. The number of aromatic nitrogens is 2. The van der Waals surface area contributed by atoms with Gasteiger partial charge in [0.05, 0.1) is 18.8 Å². The van der Waals surface area contributed by atoms with Gasteiger partial charge < -0.3 is 4.57 Å². The van der Waals surface area contributed by atoms with Crippen molar-refractivity contribution in [1.29, 1.82) is 0 Å². The molecule has 0 saturated heterocycles. The fourth-order valence-corrected chi connectivity index (χ4v) is 5.75. The van der Waals surface area contributed by atoms with Gasteiger partial charge >= 0.3 is 0 Å². The van der Waals surface area contributed by atoms with Gasteiger partial charge in [0, 0.05) is 35.9 Å². The van der Waals surface area contributed by atoms with Crippen LogP contribution in [0.25, 0.3) is 0 Å². The summed E-state index contributed by atoms with van der Waals surface area (Å²) in [6.07, 6.45) is 6.70. The maximum Gasteiger partial charge on any atom is 0.243 e. The number of benzene rings is 1. The SMILES string of the molecule is CC1c2cccn2CCN1CC(=O)N(Cc1ccccc1)c1nc2c(s1)CCCC2. The smallest absolute Gasteiger partial charge is 0.243 e. The zero-order chi connectivity index (χ0) is 20.5. The number of thiazole rings is 1. The topological polar surface area (TPSA) is 41.4 Å². The average molecular weight is 421 g/mol. The average Bonchev–Trinajstić information content (AvgIpc) is 3.42. The summed E-state index contributed by atoms with van der Waals surface area (Å²) in [5, 5.41) is 0.865. The van der Waals surface area contributed by atoms with E-state index in [1.165, 1.54) is 29.1 Å². The molecule has 3 aromatic rings. The molecule has 5 rings (SSSR count). The molecule has 1 aliphatic heterocycles. The van der Waals surface area contributed by atoms with Gasteiger partial charge in [-0.05, 0) is 50.3 Å². The van der Waals surface area contributed by atoms with Gasteiger partial charge in [0.1, 0.15) is 0 Å². The molecule has 30 heavy (non-hydrogen) atoms. The van der Waals surface area contributed by atoms with Crippen molar-refractivity contribution < 1.29 is 4.79 Å². The quantitative estimate of drug-likeness (QED) is 0.613. The largest absolute Gasteiger partial charge is 0.349 e. The summed E-state index contributed by atoms with van der Waals surface area (Å²) in [7, 11) is 0. The number of rotatable bonds is 5. The zero-order valence-corrected chi connectivity index (χ0v) is 18.3. The van der Waals surface area contributed by atoms with Gasteiger partial charge in [-0.2, -0.15) is 0 Å². The Morgan fingerprint density at radius 2 is 1.97 bits per heavy atom. The van der Waals surface area contributed by atoms with Crippen LogP contribution in [0.1, 0.15) is 47.6 Å². The summed E-state index contributed by atoms with van der Waals surface area (Å²) in [6, 6.07) is 14.8. The van der Waals surface area contributed by atoms with E-state index in [0.717, 1.165) is 36.6 Å². The standard InChI is InChI=1S/C24H28N4OS/c1-18-21-11-7-13-26(21)14-15-27(18)17-23(29)28(16-19-8-3-2-4-9-19)24-25-20-10-5-6-12-22(20)30-24/h2-4,7-9,11,13,18H,5-6,10,12,14-17H2,1H3. The molecule has 3 heterocycles. The first kappa shape index (κ1) is 19.5. The molecule has 0 radical (unpaired) electrons. The Morgan fingerprint density at radius 3 is 2.80 bits per heavy atom. The molecule has 0 fully saturated rings. The molecule has 0 saturated carbocycles. The molecule has 1 atom stereocenters. The molecular formula is C24H28N4OS. The van der Waals surface area contributed by atoms with E-state index < -0.39 is 0 Å². The Labute approximate surface area is 182 Å². The monoisotopic (exact) mass is 420 g/mol. The molecule has 1 aliphatic carbocycles. The lowest BCUT2D eigenvalue weighted by Crippen LogP contribution is -2.44. The van der Waals surface area contributed by atoms with Crippen LogP contribution in [0.4, 0.5) is 5.13 Å². The summed E-state index contributed by atoms with van der Waals surface area (Å²) in [6.45, 7) is 5.02. The molecule has 2 aromatic heterocycles. The first-order valence-electron chi connectivity index (χ1n) is 10.9. The van der Waals surface area contributed by atoms with Crippen molar-refractivity contribution in [2.75, 3.05) is 18.0 Å². The Morgan fingerprint density at radius 1 is 1.13 bits per heavy atom. The van der Waals surface area contributed by atoms with Crippen molar-refractivity contribution in [3.8, 4) is 0 Å². The fraction of sp³-hybridized carbons (Fsp3) is 0.417. The number of anilines is 1. The van der Waals surface area contributed by atoms with Crippen LogP contribution in [0.5, 0.6) is 0 Å². The highest BCUT2D eigenvalue weighted by Crippen LogP contribution is 2.33. The highest BCUT2D eigenvalue weighted by molar-refractivity contribution is 7.15. The lowest BCUT2D eigenvalue weighted by atomic mass is 10.0. The molecule has 5 nitrogen and oxygen atoms in total. The minimum absolute atomic E-state index is 0.136. The first-order valence-corrected chi connectivity index (χ1v) is 11.7. The highest BCUT2D eigenvalue weighted by atomic mass is 32.1. The minimum Gasteiger partial charge on any atom is -0.349 e. The number of carbonyl (C=O) groups excluding carboxylic acids is 1. The second-order valence-corrected chi connectivity index (χ2v) is 9.37. The van der Waals surface area contributed by atoms with Gasteiger partial charge in [0.2, 0.25) is 5.91 Å². The van der Waals surface area contributed by atoms with Crippen LogP contribution in [0.2, 0.25) is 0 Å². The predicted molar refractivity (Wildman–Crippen MR) is 121 cm³/mol. The van der Waals surface area contributed by atoms with E-state index in [0.29, 0.717) is 13.1 Å². The van der Waals surface area contributed by atoms with Crippen molar-refractivity contribution in [3.63, 3.8) is 0 Å². The molecule has 6 heteroatoms. The lowest BCUT2D eigenvalue weighted by Gasteiger charge is -2.35. The summed E-state index contributed by atoms with van der Waals surface area (Å²) in [5.41, 5.74) is 3.63. The van der Waals surface area contributed by atoms with Gasteiger partial charge in [0.15, 0.2) is 5.13 Å². The number of hydrogen-bond acceptors (Lipinski definition) is 4. The molecule has 1 aromatic carbocycles. The van der Waals surface area contributed by atoms with Crippen LogP contribution in [-0.2, 0) is 30.7 Å². The van der Waals surface area contributed by atoms with Crippen LogP contribution >= 0.6 is 11.3 Å². The second-order valence-electron chi connectivity index (χ2n) is 8.31. The normalized spacial score (nSPS) is 18.6. The van der Waals surface area contributed by atoms with Crippen molar-refractivity contribution >= 4 is 22.4 Å². The Kier molecular flexibility index (Phi) is 5.44. The van der Waals surface area contributed by atoms with Gasteiger partial charge in [0.25, 0.3) is 0 Å². The van der Waals surface area contributed by atoms with E-state index in [-0.39, 0.29) is 11.9 Å². The predicted octanol–water partition coefficient (Wildman–Crippen LogP) is 4.43. The molecule has 0 spiro atoms. The van der Waals surface area contributed by atoms with Crippen LogP contribution in [0.15, 0.2) is 48.7 Å². The van der Waals surface area contributed by atoms with E-state index in [1.54, 1.807) is 11.3 Å².